The van der Waals surface area contributed by atoms with Crippen LogP contribution in [0.25, 0.3) is 0 Å². The van der Waals surface area contributed by atoms with Gasteiger partial charge in [-0.2, -0.15) is 0 Å². The third kappa shape index (κ3) is 3.33. The molecule has 3 heteroatoms. The topological polar surface area (TPSA) is 24.4 Å². The van der Waals surface area contributed by atoms with E-state index in [2.05, 4.69) is 57.3 Å². The molecule has 0 saturated heterocycles. The molecule has 0 aromatic heterocycles. The average Bonchev–Trinajstić information content (AvgIpc) is 2.83. The molecular formula is C16H24N2S. The molecule has 1 aromatic carbocycles. The highest BCUT2D eigenvalue weighted by molar-refractivity contribution is 8.14. The first kappa shape index (κ1) is 14.4. The third-order valence-corrected chi connectivity index (χ3v) is 5.11. The van der Waals surface area contributed by atoms with Gasteiger partial charge in [0.15, 0.2) is 5.17 Å². The van der Waals surface area contributed by atoms with Gasteiger partial charge in [0, 0.05) is 11.4 Å². The van der Waals surface area contributed by atoms with E-state index < -0.39 is 0 Å². The Morgan fingerprint density at radius 1 is 1.21 bits per heavy atom. The van der Waals surface area contributed by atoms with E-state index in [1.54, 1.807) is 0 Å². The zero-order valence-electron chi connectivity index (χ0n) is 12.4. The molecular weight excluding hydrogens is 252 g/mol. The van der Waals surface area contributed by atoms with Crippen LogP contribution in [0.3, 0.4) is 0 Å². The van der Waals surface area contributed by atoms with Crippen LogP contribution in [-0.4, -0.2) is 16.5 Å². The number of nitrogens with zero attached hydrogens (tertiary/aromatic N) is 1. The van der Waals surface area contributed by atoms with Gasteiger partial charge in [-0.3, -0.25) is 4.99 Å². The first-order valence-corrected chi connectivity index (χ1v) is 8.17. The summed E-state index contributed by atoms with van der Waals surface area (Å²) in [6.07, 6.45) is 2.24. The minimum atomic E-state index is 0.158. The Balaban J connectivity index is 2.06. The molecule has 1 aromatic rings. The molecule has 0 radical (unpaired) electrons. The second kappa shape index (κ2) is 6.00. The van der Waals surface area contributed by atoms with Gasteiger partial charge < -0.3 is 5.32 Å². The lowest BCUT2D eigenvalue weighted by Crippen LogP contribution is -2.24. The average molecular weight is 276 g/mol. The molecule has 2 nitrogen and oxygen atoms in total. The quantitative estimate of drug-likeness (QED) is 0.847. The van der Waals surface area contributed by atoms with Gasteiger partial charge in [-0.05, 0) is 36.5 Å². The lowest BCUT2D eigenvalue weighted by atomic mass is 9.97. The first-order valence-electron chi connectivity index (χ1n) is 7.18. The summed E-state index contributed by atoms with van der Waals surface area (Å²) in [5, 5.41) is 4.51. The van der Waals surface area contributed by atoms with E-state index in [1.165, 1.54) is 5.56 Å². The van der Waals surface area contributed by atoms with E-state index in [0.717, 1.165) is 29.4 Å². The number of benzene rings is 1. The summed E-state index contributed by atoms with van der Waals surface area (Å²) in [6.45, 7) is 8.90. The van der Waals surface area contributed by atoms with Gasteiger partial charge in [-0.15, -0.1) is 0 Å². The summed E-state index contributed by atoms with van der Waals surface area (Å²) in [7, 11) is 0. The highest BCUT2D eigenvalue weighted by atomic mass is 32.2. The summed E-state index contributed by atoms with van der Waals surface area (Å²) >= 11 is 1.84. The van der Waals surface area contributed by atoms with E-state index in [4.69, 9.17) is 4.99 Å². The van der Waals surface area contributed by atoms with Crippen molar-refractivity contribution in [1.29, 1.82) is 0 Å². The lowest BCUT2D eigenvalue weighted by molar-refractivity contribution is 0.456. The maximum atomic E-state index is 4.88. The number of rotatable bonds is 4. The number of nitrogens with one attached hydrogen (secondary N) is 1. The van der Waals surface area contributed by atoms with Crippen molar-refractivity contribution in [2.75, 3.05) is 11.1 Å². The lowest BCUT2D eigenvalue weighted by Gasteiger charge is -2.20. The Labute approximate surface area is 121 Å². The van der Waals surface area contributed by atoms with Crippen LogP contribution in [0.2, 0.25) is 0 Å². The number of thioether (sulfide) groups is 1. The van der Waals surface area contributed by atoms with Gasteiger partial charge in [0.25, 0.3) is 0 Å². The summed E-state index contributed by atoms with van der Waals surface area (Å²) < 4.78 is 0. The van der Waals surface area contributed by atoms with Gasteiger partial charge in [-0.25, -0.2) is 0 Å². The van der Waals surface area contributed by atoms with Crippen molar-refractivity contribution >= 4 is 22.6 Å². The Morgan fingerprint density at radius 2 is 1.84 bits per heavy atom. The first-order chi connectivity index (χ1) is 9.08. The molecule has 1 N–H and O–H groups in total. The van der Waals surface area contributed by atoms with Crippen LogP contribution in [0.15, 0.2) is 29.3 Å². The highest BCUT2D eigenvalue weighted by Gasteiger charge is 2.31. The second-order valence-electron chi connectivity index (χ2n) is 5.54. The summed E-state index contributed by atoms with van der Waals surface area (Å²) in [6, 6.07) is 8.69. The third-order valence-electron chi connectivity index (χ3n) is 3.96. The van der Waals surface area contributed by atoms with Crippen LogP contribution in [0, 0.1) is 0 Å². The molecule has 0 saturated carbocycles. The summed E-state index contributed by atoms with van der Waals surface area (Å²) in [4.78, 5) is 4.88. The monoisotopic (exact) mass is 276 g/mol. The smallest absolute Gasteiger partial charge is 0.161 e. The van der Waals surface area contributed by atoms with Gasteiger partial charge in [0.05, 0.1) is 5.54 Å². The van der Waals surface area contributed by atoms with Crippen molar-refractivity contribution in [3.63, 3.8) is 0 Å². The van der Waals surface area contributed by atoms with Gasteiger partial charge in [-0.1, -0.05) is 51.6 Å². The molecule has 104 valence electrons. The van der Waals surface area contributed by atoms with Crippen molar-refractivity contribution in [3.8, 4) is 0 Å². The zero-order chi connectivity index (χ0) is 13.9. The molecule has 0 fully saturated rings. The van der Waals surface area contributed by atoms with Crippen LogP contribution in [0.5, 0.6) is 0 Å². The molecule has 2 rings (SSSR count). The highest BCUT2D eigenvalue weighted by Crippen LogP contribution is 2.33. The number of amidine groups is 1. The number of hydrogen-bond acceptors (Lipinski definition) is 3. The van der Waals surface area contributed by atoms with Crippen LogP contribution in [0.1, 0.15) is 52.0 Å². The van der Waals surface area contributed by atoms with Crippen molar-refractivity contribution in [1.82, 2.24) is 0 Å². The Morgan fingerprint density at radius 3 is 2.32 bits per heavy atom. The molecule has 0 amide bonds. The number of anilines is 1. The zero-order valence-corrected chi connectivity index (χ0v) is 13.2. The normalized spacial score (nSPS) is 17.6. The predicted molar refractivity (Wildman–Crippen MR) is 87.4 cm³/mol. The fourth-order valence-corrected chi connectivity index (χ4v) is 3.56. The summed E-state index contributed by atoms with van der Waals surface area (Å²) in [5.41, 5.74) is 2.67. The Kier molecular flexibility index (Phi) is 4.56. The number of aliphatic imine (C=N–C) groups is 1. The SMILES string of the molecule is CCC1(CC)CSC(Nc2ccc(C(C)C)cc2)=N1. The standard InChI is InChI=1S/C16H24N2S/c1-5-16(6-2)11-19-15(18-16)17-14-9-7-13(8-10-14)12(3)4/h7-10,12H,5-6,11H2,1-4H3,(H,17,18). The van der Waals surface area contributed by atoms with E-state index >= 15 is 0 Å². The van der Waals surface area contributed by atoms with Gasteiger partial charge in [0.2, 0.25) is 0 Å². The van der Waals surface area contributed by atoms with Crippen molar-refractivity contribution in [2.45, 2.75) is 52.0 Å². The second-order valence-corrected chi connectivity index (χ2v) is 6.50. The van der Waals surface area contributed by atoms with E-state index in [-0.39, 0.29) is 5.54 Å². The van der Waals surface area contributed by atoms with Gasteiger partial charge >= 0.3 is 0 Å². The Hall–Kier alpha value is -0.960. The summed E-state index contributed by atoms with van der Waals surface area (Å²) in [5.74, 6) is 1.69. The van der Waals surface area contributed by atoms with Crippen molar-refractivity contribution < 1.29 is 0 Å². The van der Waals surface area contributed by atoms with Crippen molar-refractivity contribution in [3.05, 3.63) is 29.8 Å². The van der Waals surface area contributed by atoms with E-state index in [1.807, 2.05) is 11.8 Å². The predicted octanol–water partition coefficient (Wildman–Crippen LogP) is 4.88. The maximum Gasteiger partial charge on any atom is 0.161 e. The van der Waals surface area contributed by atoms with Gasteiger partial charge in [0.1, 0.15) is 0 Å². The van der Waals surface area contributed by atoms with Crippen LogP contribution < -0.4 is 5.32 Å². The van der Waals surface area contributed by atoms with Crippen LogP contribution in [-0.2, 0) is 0 Å². The molecule has 0 bridgehead atoms. The maximum absolute atomic E-state index is 4.88. The molecule has 1 aliphatic heterocycles. The fraction of sp³-hybridized carbons (Fsp3) is 0.562. The fourth-order valence-electron chi connectivity index (χ4n) is 2.23. The van der Waals surface area contributed by atoms with E-state index in [9.17, 15) is 0 Å². The van der Waals surface area contributed by atoms with Crippen LogP contribution >= 0.6 is 11.8 Å². The minimum Gasteiger partial charge on any atom is -0.335 e. The molecule has 19 heavy (non-hydrogen) atoms. The molecule has 1 aliphatic rings. The van der Waals surface area contributed by atoms with Crippen molar-refractivity contribution in [2.24, 2.45) is 4.99 Å². The molecule has 0 aliphatic carbocycles. The minimum absolute atomic E-state index is 0.158. The largest absolute Gasteiger partial charge is 0.335 e. The molecule has 0 atom stereocenters. The molecule has 0 spiro atoms. The number of hydrogen-bond donors (Lipinski definition) is 1. The molecule has 1 heterocycles. The van der Waals surface area contributed by atoms with Crippen LogP contribution in [0.4, 0.5) is 5.69 Å². The Bertz CT molecular complexity index is 444. The van der Waals surface area contributed by atoms with E-state index in [0.29, 0.717) is 5.92 Å². The molecule has 0 unspecified atom stereocenters.